The molecule has 1 heterocycles. The molecule has 0 aromatic rings. The summed E-state index contributed by atoms with van der Waals surface area (Å²) in [6.45, 7) is 2.78. The molecule has 5 heteroatoms. The first-order valence-corrected chi connectivity index (χ1v) is 3.99. The molecule has 0 aromatic heterocycles. The lowest BCUT2D eigenvalue weighted by atomic mass is 10.3. The van der Waals surface area contributed by atoms with Crippen LogP contribution in [-0.2, 0) is 19.1 Å². The summed E-state index contributed by atoms with van der Waals surface area (Å²) in [6.07, 6.45) is -0.354. The number of likely N-dealkylation sites (tertiary alicyclic amines) is 1. The lowest BCUT2D eigenvalue weighted by Crippen LogP contribution is -2.31. The molecule has 0 aromatic carbocycles. The van der Waals surface area contributed by atoms with E-state index in [0.29, 0.717) is 0 Å². The quantitative estimate of drug-likeness (QED) is 0.526. The van der Waals surface area contributed by atoms with Crippen LogP contribution in [0.2, 0.25) is 0 Å². The van der Waals surface area contributed by atoms with E-state index in [1.54, 1.807) is 0 Å². The van der Waals surface area contributed by atoms with Gasteiger partial charge in [0.05, 0.1) is 13.0 Å². The van der Waals surface area contributed by atoms with Gasteiger partial charge in [0.25, 0.3) is 0 Å². The van der Waals surface area contributed by atoms with Crippen molar-refractivity contribution in [2.75, 3.05) is 6.54 Å². The monoisotopic (exact) mass is 185 g/mol. The zero-order valence-corrected chi connectivity index (χ0v) is 7.57. The van der Waals surface area contributed by atoms with Crippen LogP contribution < -0.4 is 0 Å². The van der Waals surface area contributed by atoms with Gasteiger partial charge in [-0.1, -0.05) is 0 Å². The Balaban J connectivity index is 2.55. The molecule has 1 fully saturated rings. The number of hydrogen-bond donors (Lipinski definition) is 0. The average molecular weight is 185 g/mol. The molecule has 1 aliphatic rings. The molecule has 0 bridgehead atoms. The Morgan fingerprint density at radius 1 is 1.46 bits per heavy atom. The highest BCUT2D eigenvalue weighted by atomic mass is 16.5. The fourth-order valence-corrected chi connectivity index (χ4v) is 1.29. The molecule has 13 heavy (non-hydrogen) atoms. The number of nitrogens with zero attached hydrogens (tertiary/aromatic N) is 1. The van der Waals surface area contributed by atoms with E-state index >= 15 is 0 Å². The number of hydrogen-bond acceptors (Lipinski definition) is 4. The van der Waals surface area contributed by atoms with Crippen LogP contribution >= 0.6 is 0 Å². The molecule has 0 saturated carbocycles. The van der Waals surface area contributed by atoms with Gasteiger partial charge in [-0.05, 0) is 0 Å². The van der Waals surface area contributed by atoms with Crippen LogP contribution in [0, 0.1) is 0 Å². The number of esters is 1. The van der Waals surface area contributed by atoms with E-state index in [0.717, 1.165) is 4.90 Å². The summed E-state index contributed by atoms with van der Waals surface area (Å²) in [6, 6.07) is 0. The maximum atomic E-state index is 11.1. The van der Waals surface area contributed by atoms with Crippen molar-refractivity contribution in [3.05, 3.63) is 0 Å². The maximum absolute atomic E-state index is 11.1. The first kappa shape index (κ1) is 9.70. The molecule has 72 valence electrons. The maximum Gasteiger partial charge on any atom is 0.302 e. The molecule has 0 aliphatic carbocycles. The van der Waals surface area contributed by atoms with Gasteiger partial charge in [-0.3, -0.25) is 19.3 Å². The molecule has 0 N–H and O–H groups in total. The predicted octanol–water partition coefficient (Wildman–Crippen LogP) is -0.303. The number of rotatable bonds is 1. The molecule has 0 radical (unpaired) electrons. The minimum Gasteiger partial charge on any atom is -0.460 e. The van der Waals surface area contributed by atoms with Crippen LogP contribution in [-0.4, -0.2) is 35.3 Å². The van der Waals surface area contributed by atoms with Gasteiger partial charge in [-0.2, -0.15) is 0 Å². The summed E-state index contributed by atoms with van der Waals surface area (Å²) >= 11 is 0. The molecule has 2 amide bonds. The van der Waals surface area contributed by atoms with Crippen LogP contribution in [0.3, 0.4) is 0 Å². The normalized spacial score (nSPS) is 21.8. The summed E-state index contributed by atoms with van der Waals surface area (Å²) in [5, 5.41) is 0. The lowest BCUT2D eigenvalue weighted by Gasteiger charge is -2.11. The fourth-order valence-electron chi connectivity index (χ4n) is 1.29. The van der Waals surface area contributed by atoms with Gasteiger partial charge in [-0.15, -0.1) is 0 Å². The van der Waals surface area contributed by atoms with Gasteiger partial charge in [0.15, 0.2) is 0 Å². The highest BCUT2D eigenvalue weighted by Gasteiger charge is 2.33. The third kappa shape index (κ3) is 2.27. The fraction of sp³-hybridized carbons (Fsp3) is 0.625. The van der Waals surface area contributed by atoms with Gasteiger partial charge in [-0.25, -0.2) is 0 Å². The van der Waals surface area contributed by atoms with Crippen molar-refractivity contribution in [2.45, 2.75) is 26.4 Å². The third-order valence-electron chi connectivity index (χ3n) is 1.80. The molecular formula is C8H11NO4. The van der Waals surface area contributed by atoms with Crippen molar-refractivity contribution < 1.29 is 19.1 Å². The van der Waals surface area contributed by atoms with E-state index in [1.807, 2.05) is 0 Å². The summed E-state index contributed by atoms with van der Waals surface area (Å²) in [7, 11) is 0. The van der Waals surface area contributed by atoms with Crippen LogP contribution in [0.1, 0.15) is 20.3 Å². The predicted molar refractivity (Wildman–Crippen MR) is 42.6 cm³/mol. The first-order valence-electron chi connectivity index (χ1n) is 3.99. The average Bonchev–Trinajstić information content (AvgIpc) is 2.29. The Bertz CT molecular complexity index is 261. The van der Waals surface area contributed by atoms with Crippen molar-refractivity contribution in [3.8, 4) is 0 Å². The molecule has 1 aliphatic heterocycles. The summed E-state index contributed by atoms with van der Waals surface area (Å²) in [5.74, 6) is -1.01. The van der Waals surface area contributed by atoms with Crippen molar-refractivity contribution in [1.82, 2.24) is 4.90 Å². The molecule has 5 nitrogen and oxygen atoms in total. The lowest BCUT2D eigenvalue weighted by molar-refractivity contribution is -0.146. The summed E-state index contributed by atoms with van der Waals surface area (Å²) < 4.78 is 4.81. The van der Waals surface area contributed by atoms with Gasteiger partial charge in [0, 0.05) is 13.8 Å². The number of amides is 2. The van der Waals surface area contributed by atoms with E-state index in [4.69, 9.17) is 4.74 Å². The second-order valence-electron chi connectivity index (χ2n) is 2.96. The molecule has 1 atom stereocenters. The van der Waals surface area contributed by atoms with Gasteiger partial charge < -0.3 is 4.74 Å². The summed E-state index contributed by atoms with van der Waals surface area (Å²) in [5.41, 5.74) is 0. The highest BCUT2D eigenvalue weighted by Crippen LogP contribution is 2.14. The number of ether oxygens (including phenoxy) is 1. The third-order valence-corrected chi connectivity index (χ3v) is 1.80. The minimum absolute atomic E-state index is 0.110. The standard InChI is InChI=1S/C8H11NO4/c1-5(10)9-4-7(3-8(9)12)13-6(2)11/h7H,3-4H2,1-2H3. The van der Waals surface area contributed by atoms with Crippen molar-refractivity contribution in [1.29, 1.82) is 0 Å². The van der Waals surface area contributed by atoms with E-state index < -0.39 is 12.1 Å². The Hall–Kier alpha value is -1.39. The molecule has 0 spiro atoms. The van der Waals surface area contributed by atoms with E-state index in [-0.39, 0.29) is 24.8 Å². The van der Waals surface area contributed by atoms with Gasteiger partial charge in [0.1, 0.15) is 6.10 Å². The highest BCUT2D eigenvalue weighted by molar-refractivity contribution is 5.96. The Morgan fingerprint density at radius 3 is 2.46 bits per heavy atom. The van der Waals surface area contributed by atoms with Crippen LogP contribution in [0.5, 0.6) is 0 Å². The van der Waals surface area contributed by atoms with E-state index in [9.17, 15) is 14.4 Å². The number of carbonyl (C=O) groups excluding carboxylic acids is 3. The minimum atomic E-state index is -0.464. The molecular weight excluding hydrogens is 174 g/mol. The number of imide groups is 1. The van der Waals surface area contributed by atoms with Gasteiger partial charge >= 0.3 is 5.97 Å². The second-order valence-corrected chi connectivity index (χ2v) is 2.96. The Morgan fingerprint density at radius 2 is 2.08 bits per heavy atom. The molecule has 1 rings (SSSR count). The van der Waals surface area contributed by atoms with Gasteiger partial charge in [0.2, 0.25) is 11.8 Å². The van der Waals surface area contributed by atoms with Crippen molar-refractivity contribution in [2.24, 2.45) is 0 Å². The van der Waals surface area contributed by atoms with E-state index in [1.165, 1.54) is 13.8 Å². The summed E-state index contributed by atoms with van der Waals surface area (Å²) in [4.78, 5) is 33.6. The van der Waals surface area contributed by atoms with E-state index in [2.05, 4.69) is 0 Å². The van der Waals surface area contributed by atoms with Crippen LogP contribution in [0.4, 0.5) is 0 Å². The topological polar surface area (TPSA) is 63.7 Å². The van der Waals surface area contributed by atoms with Crippen LogP contribution in [0.25, 0.3) is 0 Å². The molecule has 1 unspecified atom stereocenters. The SMILES string of the molecule is CC(=O)OC1CC(=O)N(C(C)=O)C1. The zero-order valence-electron chi connectivity index (χ0n) is 7.57. The second kappa shape index (κ2) is 3.55. The van der Waals surface area contributed by atoms with Crippen LogP contribution in [0.15, 0.2) is 0 Å². The smallest absolute Gasteiger partial charge is 0.302 e. The van der Waals surface area contributed by atoms with Crippen molar-refractivity contribution in [3.63, 3.8) is 0 Å². The largest absolute Gasteiger partial charge is 0.460 e. The number of carbonyl (C=O) groups is 3. The Kier molecular flexibility index (Phi) is 2.65. The Labute approximate surface area is 75.6 Å². The van der Waals surface area contributed by atoms with Crippen molar-refractivity contribution >= 4 is 17.8 Å². The molecule has 1 saturated heterocycles. The first-order chi connectivity index (χ1) is 6.00. The zero-order chi connectivity index (χ0) is 10.0.